The lowest BCUT2D eigenvalue weighted by Gasteiger charge is -2.44. The number of benzene rings is 1. The van der Waals surface area contributed by atoms with Gasteiger partial charge in [-0.3, -0.25) is 4.90 Å². The molecule has 3 unspecified atom stereocenters. The van der Waals surface area contributed by atoms with E-state index in [-0.39, 0.29) is 0 Å². The Morgan fingerprint density at radius 2 is 2.10 bits per heavy atom. The summed E-state index contributed by atoms with van der Waals surface area (Å²) in [5, 5.41) is 3.47. The number of anilines is 1. The maximum absolute atomic E-state index is 3.47. The molecule has 1 N–H and O–H groups in total. The van der Waals surface area contributed by atoms with Crippen molar-refractivity contribution >= 4 is 5.69 Å². The van der Waals surface area contributed by atoms with E-state index in [0.29, 0.717) is 12.1 Å². The molecule has 1 aromatic rings. The molecule has 3 rings (SSSR count). The van der Waals surface area contributed by atoms with E-state index in [2.05, 4.69) is 60.3 Å². The molecule has 0 amide bonds. The highest BCUT2D eigenvalue weighted by molar-refractivity contribution is 5.56. The minimum absolute atomic E-state index is 0.454. The van der Waals surface area contributed by atoms with Crippen LogP contribution in [0.25, 0.3) is 0 Å². The second kappa shape index (κ2) is 6.37. The summed E-state index contributed by atoms with van der Waals surface area (Å²) in [7, 11) is 2.07. The molecule has 1 aromatic carbocycles. The van der Waals surface area contributed by atoms with Crippen LogP contribution in [0.3, 0.4) is 0 Å². The van der Waals surface area contributed by atoms with Crippen LogP contribution in [0, 0.1) is 0 Å². The second-order valence-electron chi connectivity index (χ2n) is 6.60. The number of rotatable bonds is 4. The number of nitrogens with one attached hydrogen (secondary N) is 1. The summed E-state index contributed by atoms with van der Waals surface area (Å²) in [6.45, 7) is 8.36. The van der Waals surface area contributed by atoms with Crippen molar-refractivity contribution in [2.45, 2.75) is 51.2 Å². The van der Waals surface area contributed by atoms with Crippen LogP contribution < -0.4 is 10.2 Å². The average molecular weight is 287 g/mol. The lowest BCUT2D eigenvalue weighted by Crippen LogP contribution is -2.55. The minimum Gasteiger partial charge on any atom is -0.366 e. The van der Waals surface area contributed by atoms with Gasteiger partial charge in [-0.05, 0) is 51.4 Å². The van der Waals surface area contributed by atoms with Gasteiger partial charge in [0.05, 0.1) is 0 Å². The van der Waals surface area contributed by atoms with Crippen molar-refractivity contribution in [1.82, 2.24) is 10.2 Å². The Bertz CT molecular complexity index is 469. The van der Waals surface area contributed by atoms with Gasteiger partial charge in [-0.2, -0.15) is 0 Å². The first-order chi connectivity index (χ1) is 10.2. The Balaban J connectivity index is 1.89. The van der Waals surface area contributed by atoms with Crippen LogP contribution in [0.15, 0.2) is 24.3 Å². The molecule has 116 valence electrons. The molecule has 0 spiro atoms. The van der Waals surface area contributed by atoms with Crippen molar-refractivity contribution < 1.29 is 0 Å². The fourth-order valence-corrected chi connectivity index (χ4v) is 4.15. The van der Waals surface area contributed by atoms with E-state index < -0.39 is 0 Å². The van der Waals surface area contributed by atoms with Crippen molar-refractivity contribution in [3.63, 3.8) is 0 Å². The van der Waals surface area contributed by atoms with Crippen LogP contribution in [0.2, 0.25) is 0 Å². The zero-order valence-corrected chi connectivity index (χ0v) is 13.7. The van der Waals surface area contributed by atoms with Crippen LogP contribution in [0.4, 0.5) is 5.69 Å². The maximum Gasteiger partial charge on any atom is 0.0418 e. The molecular weight excluding hydrogens is 258 g/mol. The predicted octanol–water partition coefficient (Wildman–Crippen LogP) is 3.03. The van der Waals surface area contributed by atoms with Gasteiger partial charge < -0.3 is 10.2 Å². The van der Waals surface area contributed by atoms with Crippen LogP contribution in [-0.4, -0.2) is 43.7 Å². The molecule has 2 aliphatic heterocycles. The molecule has 2 fully saturated rings. The number of piperazine rings is 1. The monoisotopic (exact) mass is 287 g/mol. The largest absolute Gasteiger partial charge is 0.366 e. The quantitative estimate of drug-likeness (QED) is 0.918. The Morgan fingerprint density at radius 1 is 1.29 bits per heavy atom. The Kier molecular flexibility index (Phi) is 4.51. The fraction of sp³-hybridized carbons (Fsp3) is 0.667. The van der Waals surface area contributed by atoms with E-state index in [1.807, 2.05) is 0 Å². The number of fused-ring (bicyclic) bond motifs is 1. The zero-order chi connectivity index (χ0) is 14.8. The van der Waals surface area contributed by atoms with Crippen molar-refractivity contribution in [3.8, 4) is 0 Å². The summed E-state index contributed by atoms with van der Waals surface area (Å²) < 4.78 is 0. The van der Waals surface area contributed by atoms with Crippen LogP contribution in [0.1, 0.15) is 44.7 Å². The third-order valence-corrected chi connectivity index (χ3v) is 5.32. The van der Waals surface area contributed by atoms with Crippen LogP contribution in [0.5, 0.6) is 0 Å². The molecule has 2 heterocycles. The fourth-order valence-electron chi connectivity index (χ4n) is 4.15. The number of para-hydroxylation sites is 1. The molecule has 2 saturated heterocycles. The topological polar surface area (TPSA) is 18.5 Å². The summed E-state index contributed by atoms with van der Waals surface area (Å²) in [5.74, 6) is 0. The molecular formula is C18H29N3. The minimum atomic E-state index is 0.454. The first-order valence-electron chi connectivity index (χ1n) is 8.51. The molecule has 3 heteroatoms. The molecule has 0 radical (unpaired) electrons. The number of nitrogens with zero attached hydrogens (tertiary/aromatic N) is 2. The van der Waals surface area contributed by atoms with Gasteiger partial charge in [0.15, 0.2) is 0 Å². The van der Waals surface area contributed by atoms with E-state index in [9.17, 15) is 0 Å². The van der Waals surface area contributed by atoms with Crippen LogP contribution in [-0.2, 0) is 0 Å². The third kappa shape index (κ3) is 2.82. The zero-order valence-electron chi connectivity index (χ0n) is 13.7. The molecule has 0 saturated carbocycles. The first-order valence-corrected chi connectivity index (χ1v) is 8.51. The number of hydrogen-bond donors (Lipinski definition) is 1. The molecule has 21 heavy (non-hydrogen) atoms. The molecule has 2 aliphatic rings. The van der Waals surface area contributed by atoms with Crippen LogP contribution >= 0.6 is 0 Å². The van der Waals surface area contributed by atoms with Gasteiger partial charge in [0, 0.05) is 36.9 Å². The predicted molar refractivity (Wildman–Crippen MR) is 89.9 cm³/mol. The molecule has 0 aromatic heterocycles. The Labute approximate surface area is 129 Å². The standard InChI is InChI=1S/C18H29N3/c1-4-17(19-3)16-9-5-6-10-18(16)21-13-15-8-7-11-20(15)12-14(21)2/h5-6,9-10,14-15,17,19H,4,7-8,11-13H2,1-3H3. The van der Waals surface area contributed by atoms with Crippen molar-refractivity contribution in [2.75, 3.05) is 31.6 Å². The van der Waals surface area contributed by atoms with E-state index in [1.54, 1.807) is 0 Å². The highest BCUT2D eigenvalue weighted by atomic mass is 15.3. The van der Waals surface area contributed by atoms with Gasteiger partial charge in [-0.25, -0.2) is 0 Å². The van der Waals surface area contributed by atoms with E-state index in [0.717, 1.165) is 12.5 Å². The van der Waals surface area contributed by atoms with Gasteiger partial charge in [0.1, 0.15) is 0 Å². The highest BCUT2D eigenvalue weighted by Crippen LogP contribution is 2.33. The lowest BCUT2D eigenvalue weighted by molar-refractivity contribution is 0.202. The summed E-state index contributed by atoms with van der Waals surface area (Å²) in [4.78, 5) is 5.35. The van der Waals surface area contributed by atoms with Gasteiger partial charge in [0.2, 0.25) is 0 Å². The Hall–Kier alpha value is -1.06. The van der Waals surface area contributed by atoms with Gasteiger partial charge in [-0.15, -0.1) is 0 Å². The van der Waals surface area contributed by atoms with E-state index in [1.165, 1.54) is 43.7 Å². The van der Waals surface area contributed by atoms with E-state index >= 15 is 0 Å². The SMILES string of the molecule is CCC(NC)c1ccccc1N1CC2CCCN2CC1C. The third-order valence-electron chi connectivity index (χ3n) is 5.32. The molecule has 3 atom stereocenters. The van der Waals surface area contributed by atoms with Gasteiger partial charge >= 0.3 is 0 Å². The number of hydrogen-bond acceptors (Lipinski definition) is 3. The normalized spacial score (nSPS) is 27.7. The van der Waals surface area contributed by atoms with Gasteiger partial charge in [0.25, 0.3) is 0 Å². The average Bonchev–Trinajstić information content (AvgIpc) is 2.95. The van der Waals surface area contributed by atoms with Crippen molar-refractivity contribution in [3.05, 3.63) is 29.8 Å². The first kappa shape index (κ1) is 14.9. The molecule has 0 aliphatic carbocycles. The lowest BCUT2D eigenvalue weighted by atomic mass is 9.99. The maximum atomic E-state index is 3.47. The summed E-state index contributed by atoms with van der Waals surface area (Å²) in [5.41, 5.74) is 2.90. The smallest absolute Gasteiger partial charge is 0.0418 e. The summed E-state index contributed by atoms with van der Waals surface area (Å²) >= 11 is 0. The molecule has 0 bridgehead atoms. The van der Waals surface area contributed by atoms with Gasteiger partial charge in [-0.1, -0.05) is 25.1 Å². The molecule has 3 nitrogen and oxygen atoms in total. The summed E-state index contributed by atoms with van der Waals surface area (Å²) in [6, 6.07) is 10.8. The van der Waals surface area contributed by atoms with Crippen molar-refractivity contribution in [2.24, 2.45) is 0 Å². The second-order valence-corrected chi connectivity index (χ2v) is 6.60. The van der Waals surface area contributed by atoms with E-state index in [4.69, 9.17) is 0 Å². The Morgan fingerprint density at radius 3 is 2.86 bits per heavy atom. The summed E-state index contributed by atoms with van der Waals surface area (Å²) in [6.07, 6.45) is 3.88. The van der Waals surface area contributed by atoms with Crippen molar-refractivity contribution in [1.29, 1.82) is 0 Å². The highest BCUT2D eigenvalue weighted by Gasteiger charge is 2.35.